The molecule has 2 fully saturated rings. The molecule has 26 heavy (non-hydrogen) atoms. The molecule has 1 saturated heterocycles. The first kappa shape index (κ1) is 17.1. The molecule has 6 nitrogen and oxygen atoms in total. The molecule has 2 aromatic rings. The maximum atomic E-state index is 6.25. The quantitative estimate of drug-likeness (QED) is 0.624. The van der Waals surface area contributed by atoms with Crippen LogP contribution in [0.2, 0.25) is 0 Å². The number of benzene rings is 1. The third-order valence-electron chi connectivity index (χ3n) is 4.85. The van der Waals surface area contributed by atoms with Crippen LogP contribution in [-0.2, 0) is 6.54 Å². The third-order valence-corrected chi connectivity index (χ3v) is 5.68. The Bertz CT molecular complexity index is 736. The summed E-state index contributed by atoms with van der Waals surface area (Å²) in [5, 5.41) is 3.10. The Morgan fingerprint density at radius 2 is 2.04 bits per heavy atom. The van der Waals surface area contributed by atoms with E-state index in [2.05, 4.69) is 25.8 Å². The highest BCUT2D eigenvalue weighted by Gasteiger charge is 2.22. The van der Waals surface area contributed by atoms with Crippen molar-refractivity contribution in [1.82, 2.24) is 9.88 Å². The number of ether oxygens (including phenoxy) is 1. The van der Waals surface area contributed by atoms with Gasteiger partial charge in [0.15, 0.2) is 11.1 Å². The van der Waals surface area contributed by atoms with Gasteiger partial charge in [0.2, 0.25) is 0 Å². The fraction of sp³-hybridized carbons (Fsp3) is 0.474. The number of rotatable bonds is 6. The molecule has 1 aromatic carbocycles. The van der Waals surface area contributed by atoms with Crippen molar-refractivity contribution in [2.24, 2.45) is 16.6 Å². The molecule has 0 unspecified atom stereocenters. The Labute approximate surface area is 158 Å². The van der Waals surface area contributed by atoms with Crippen LogP contribution in [0.4, 0.5) is 5.13 Å². The predicted molar refractivity (Wildman–Crippen MR) is 106 cm³/mol. The van der Waals surface area contributed by atoms with E-state index in [9.17, 15) is 0 Å². The predicted octanol–water partition coefficient (Wildman–Crippen LogP) is 2.57. The number of aromatic nitrogens is 1. The van der Waals surface area contributed by atoms with Crippen molar-refractivity contribution in [3.8, 4) is 5.75 Å². The first-order valence-corrected chi connectivity index (χ1v) is 10.1. The van der Waals surface area contributed by atoms with E-state index in [1.165, 1.54) is 12.8 Å². The molecule has 2 heterocycles. The van der Waals surface area contributed by atoms with Crippen LogP contribution in [0, 0.1) is 5.92 Å². The minimum atomic E-state index is 0.555. The molecule has 0 spiro atoms. The molecule has 1 saturated carbocycles. The van der Waals surface area contributed by atoms with Gasteiger partial charge in [0.05, 0.1) is 13.2 Å². The number of nitrogens with zero attached hydrogens (tertiary/aromatic N) is 4. The summed E-state index contributed by atoms with van der Waals surface area (Å²) in [5.74, 6) is 2.29. The van der Waals surface area contributed by atoms with E-state index in [1.807, 2.05) is 29.8 Å². The van der Waals surface area contributed by atoms with Gasteiger partial charge in [-0.15, -0.1) is 11.3 Å². The molecular formula is C19H25N5OS. The number of nitrogens with two attached hydrogens (primary N) is 1. The van der Waals surface area contributed by atoms with E-state index < -0.39 is 0 Å². The normalized spacial score (nSPS) is 18.2. The standard InChI is InChI=1S/C19H25N5OS/c20-18(23-8-10-24(11-9-23)19-21-7-12-26-19)22-13-16-3-1-2-4-17(16)25-14-15-5-6-15/h1-4,7,12,15H,5-6,8-11,13-14H2,(H2,20,22). The molecule has 0 bridgehead atoms. The van der Waals surface area contributed by atoms with Crippen LogP contribution in [0.15, 0.2) is 40.8 Å². The lowest BCUT2D eigenvalue weighted by Crippen LogP contribution is -2.51. The molecule has 2 aliphatic rings. The topological polar surface area (TPSA) is 67.0 Å². The van der Waals surface area contributed by atoms with E-state index in [-0.39, 0.29) is 0 Å². The van der Waals surface area contributed by atoms with Gasteiger partial charge < -0.3 is 20.3 Å². The summed E-state index contributed by atoms with van der Waals surface area (Å²) < 4.78 is 5.96. The lowest BCUT2D eigenvalue weighted by Gasteiger charge is -2.35. The third kappa shape index (κ3) is 4.27. The number of guanidine groups is 1. The van der Waals surface area contributed by atoms with Crippen LogP contribution >= 0.6 is 11.3 Å². The van der Waals surface area contributed by atoms with Crippen molar-refractivity contribution in [2.45, 2.75) is 19.4 Å². The summed E-state index contributed by atoms with van der Waals surface area (Å²) in [4.78, 5) is 13.4. The second-order valence-corrected chi connectivity index (χ2v) is 7.70. The van der Waals surface area contributed by atoms with Gasteiger partial charge in [-0.3, -0.25) is 0 Å². The number of anilines is 1. The number of hydrogen-bond acceptors (Lipinski definition) is 5. The van der Waals surface area contributed by atoms with Crippen molar-refractivity contribution in [2.75, 3.05) is 37.7 Å². The zero-order valence-corrected chi connectivity index (χ0v) is 15.7. The van der Waals surface area contributed by atoms with E-state index in [0.29, 0.717) is 12.5 Å². The summed E-state index contributed by atoms with van der Waals surface area (Å²) in [6.07, 6.45) is 4.44. The number of piperazine rings is 1. The first-order valence-electron chi connectivity index (χ1n) is 9.19. The number of aliphatic imine (C=N–C) groups is 1. The van der Waals surface area contributed by atoms with Crippen LogP contribution in [0.3, 0.4) is 0 Å². The summed E-state index contributed by atoms with van der Waals surface area (Å²) in [5.41, 5.74) is 7.34. The molecule has 7 heteroatoms. The van der Waals surface area contributed by atoms with Crippen LogP contribution in [-0.4, -0.2) is 48.6 Å². The van der Waals surface area contributed by atoms with Gasteiger partial charge >= 0.3 is 0 Å². The average molecular weight is 372 g/mol. The van der Waals surface area contributed by atoms with Gasteiger partial charge in [0, 0.05) is 43.3 Å². The van der Waals surface area contributed by atoms with Crippen molar-refractivity contribution in [1.29, 1.82) is 0 Å². The number of thiazole rings is 1. The van der Waals surface area contributed by atoms with Gasteiger partial charge in [-0.1, -0.05) is 18.2 Å². The Balaban J connectivity index is 1.32. The minimum absolute atomic E-state index is 0.555. The molecule has 2 N–H and O–H groups in total. The molecule has 0 amide bonds. The molecule has 1 aliphatic carbocycles. The minimum Gasteiger partial charge on any atom is -0.493 e. The molecule has 0 atom stereocenters. The molecule has 1 aliphatic heterocycles. The summed E-state index contributed by atoms with van der Waals surface area (Å²) >= 11 is 1.68. The van der Waals surface area contributed by atoms with Crippen molar-refractivity contribution in [3.05, 3.63) is 41.4 Å². The molecule has 0 radical (unpaired) electrons. The Hall–Kier alpha value is -2.28. The Kier molecular flexibility index (Phi) is 5.24. The summed E-state index contributed by atoms with van der Waals surface area (Å²) in [6, 6.07) is 8.13. The van der Waals surface area contributed by atoms with Crippen LogP contribution in [0.5, 0.6) is 5.75 Å². The average Bonchev–Trinajstić information content (AvgIpc) is 3.36. The highest BCUT2D eigenvalue weighted by atomic mass is 32.1. The van der Waals surface area contributed by atoms with E-state index in [0.717, 1.165) is 55.1 Å². The van der Waals surface area contributed by atoms with Gasteiger partial charge in [0.1, 0.15) is 5.75 Å². The lowest BCUT2D eigenvalue weighted by atomic mass is 10.2. The van der Waals surface area contributed by atoms with Crippen LogP contribution in [0.25, 0.3) is 0 Å². The second kappa shape index (κ2) is 7.95. The highest BCUT2D eigenvalue weighted by molar-refractivity contribution is 7.13. The zero-order chi connectivity index (χ0) is 17.8. The summed E-state index contributed by atoms with van der Waals surface area (Å²) in [7, 11) is 0. The molecule has 1 aromatic heterocycles. The lowest BCUT2D eigenvalue weighted by molar-refractivity contribution is 0.297. The van der Waals surface area contributed by atoms with Gasteiger partial charge in [-0.05, 0) is 24.8 Å². The van der Waals surface area contributed by atoms with Crippen LogP contribution < -0.4 is 15.4 Å². The van der Waals surface area contributed by atoms with Gasteiger partial charge in [0.25, 0.3) is 0 Å². The zero-order valence-electron chi connectivity index (χ0n) is 14.9. The number of hydrogen-bond donors (Lipinski definition) is 1. The van der Waals surface area contributed by atoms with E-state index >= 15 is 0 Å². The van der Waals surface area contributed by atoms with Gasteiger partial charge in [-0.25, -0.2) is 9.98 Å². The second-order valence-electron chi connectivity index (χ2n) is 6.83. The first-order chi connectivity index (χ1) is 12.8. The Morgan fingerprint density at radius 1 is 1.23 bits per heavy atom. The monoisotopic (exact) mass is 371 g/mol. The highest BCUT2D eigenvalue weighted by Crippen LogP contribution is 2.30. The molecule has 4 rings (SSSR count). The van der Waals surface area contributed by atoms with E-state index in [4.69, 9.17) is 10.5 Å². The maximum absolute atomic E-state index is 6.25. The van der Waals surface area contributed by atoms with Crippen molar-refractivity contribution < 1.29 is 4.74 Å². The largest absolute Gasteiger partial charge is 0.493 e. The Morgan fingerprint density at radius 3 is 2.77 bits per heavy atom. The fourth-order valence-electron chi connectivity index (χ4n) is 3.03. The molecule has 138 valence electrons. The van der Waals surface area contributed by atoms with E-state index in [1.54, 1.807) is 11.3 Å². The van der Waals surface area contributed by atoms with Crippen LogP contribution in [0.1, 0.15) is 18.4 Å². The maximum Gasteiger partial charge on any atom is 0.191 e. The van der Waals surface area contributed by atoms with Gasteiger partial charge in [-0.2, -0.15) is 0 Å². The van der Waals surface area contributed by atoms with Crippen molar-refractivity contribution in [3.63, 3.8) is 0 Å². The number of para-hydroxylation sites is 1. The fourth-order valence-corrected chi connectivity index (χ4v) is 3.73. The summed E-state index contributed by atoms with van der Waals surface area (Å²) in [6.45, 7) is 4.95. The smallest absolute Gasteiger partial charge is 0.191 e. The molecular weight excluding hydrogens is 346 g/mol. The van der Waals surface area contributed by atoms with Crippen molar-refractivity contribution >= 4 is 22.4 Å². The SMILES string of the molecule is NC(=NCc1ccccc1OCC1CC1)N1CCN(c2nccs2)CC1.